The summed E-state index contributed by atoms with van der Waals surface area (Å²) in [6.07, 6.45) is 75.4. The molecule has 0 bridgehead atoms. The summed E-state index contributed by atoms with van der Waals surface area (Å²) < 4.78 is 17.2. The van der Waals surface area contributed by atoms with Crippen LogP contribution in [0.5, 0.6) is 0 Å². The van der Waals surface area contributed by atoms with Gasteiger partial charge in [-0.15, -0.1) is 0 Å². The summed E-state index contributed by atoms with van der Waals surface area (Å²) in [4.78, 5) is 25.3. The molecule has 1 atom stereocenters. The fourth-order valence-electron chi connectivity index (χ4n) is 6.71. The van der Waals surface area contributed by atoms with Crippen LogP contribution < -0.4 is 0 Å². The van der Waals surface area contributed by atoms with Crippen LogP contribution >= 0.6 is 0 Å². The minimum atomic E-state index is -0.622. The first kappa shape index (κ1) is 60.3. The zero-order chi connectivity index (χ0) is 46.3. The normalized spacial score (nSPS) is 13.2. The second-order valence-corrected chi connectivity index (χ2v) is 16.7. The van der Waals surface area contributed by atoms with Crippen LogP contribution in [0, 0.1) is 0 Å². The van der Waals surface area contributed by atoms with Crippen molar-refractivity contribution in [1.82, 2.24) is 0 Å². The van der Waals surface area contributed by atoms with Gasteiger partial charge < -0.3 is 14.2 Å². The van der Waals surface area contributed by atoms with Gasteiger partial charge in [-0.1, -0.05) is 226 Å². The van der Waals surface area contributed by atoms with E-state index in [0.29, 0.717) is 13.0 Å². The lowest BCUT2D eigenvalue weighted by atomic mass is 10.1. The molecule has 0 spiro atoms. The van der Waals surface area contributed by atoms with E-state index in [1.54, 1.807) is 0 Å². The quantitative estimate of drug-likeness (QED) is 0.0346. The van der Waals surface area contributed by atoms with E-state index in [0.717, 1.165) is 70.6 Å². The molecule has 0 heterocycles. The number of rotatable bonds is 46. The molecular weight excluding hydrogens is 789 g/mol. The Kier molecular flexibility index (Phi) is 50.5. The van der Waals surface area contributed by atoms with Gasteiger partial charge in [0, 0.05) is 13.0 Å². The van der Waals surface area contributed by atoms with E-state index in [4.69, 9.17) is 14.2 Å². The number of unbranched alkanes of at least 4 members (excludes halogenated alkanes) is 16. The third-order valence-electron chi connectivity index (χ3n) is 10.5. The Balaban J connectivity index is 4.43. The van der Waals surface area contributed by atoms with Crippen molar-refractivity contribution in [3.63, 3.8) is 0 Å². The van der Waals surface area contributed by atoms with Crippen molar-refractivity contribution in [3.05, 3.63) is 122 Å². The summed E-state index contributed by atoms with van der Waals surface area (Å²) in [5.74, 6) is -0.644. The van der Waals surface area contributed by atoms with Crippen LogP contribution in [0.2, 0.25) is 0 Å². The molecule has 0 aromatic rings. The Morgan fingerprint density at radius 1 is 0.375 bits per heavy atom. The number of allylic oxidation sites excluding steroid dienone is 19. The lowest BCUT2D eigenvalue weighted by molar-refractivity contribution is -0.162. The van der Waals surface area contributed by atoms with Gasteiger partial charge in [-0.2, -0.15) is 0 Å². The van der Waals surface area contributed by atoms with Gasteiger partial charge in [-0.05, 0) is 96.3 Å². The van der Waals surface area contributed by atoms with Crippen LogP contribution in [0.15, 0.2) is 122 Å². The van der Waals surface area contributed by atoms with E-state index in [1.165, 1.54) is 103 Å². The molecule has 0 N–H and O–H groups in total. The molecule has 0 aromatic carbocycles. The van der Waals surface area contributed by atoms with Crippen molar-refractivity contribution in [2.45, 2.75) is 219 Å². The molecule has 362 valence electrons. The minimum absolute atomic E-state index is 0.00476. The summed E-state index contributed by atoms with van der Waals surface area (Å²) >= 11 is 0. The molecule has 0 saturated heterocycles. The van der Waals surface area contributed by atoms with E-state index in [1.807, 2.05) is 18.2 Å². The molecule has 1 unspecified atom stereocenters. The van der Waals surface area contributed by atoms with Gasteiger partial charge in [0.15, 0.2) is 6.10 Å². The van der Waals surface area contributed by atoms with Crippen molar-refractivity contribution >= 4 is 11.9 Å². The van der Waals surface area contributed by atoms with Gasteiger partial charge >= 0.3 is 11.9 Å². The van der Waals surface area contributed by atoms with Crippen molar-refractivity contribution in [2.75, 3.05) is 19.8 Å². The Hall–Kier alpha value is -3.70. The number of ether oxygens (including phenoxy) is 3. The third-order valence-corrected chi connectivity index (χ3v) is 10.5. The van der Waals surface area contributed by atoms with Crippen LogP contribution in [0.25, 0.3) is 0 Å². The van der Waals surface area contributed by atoms with E-state index >= 15 is 0 Å². The van der Waals surface area contributed by atoms with Gasteiger partial charge in [-0.3, -0.25) is 9.59 Å². The first-order chi connectivity index (χ1) is 31.6. The van der Waals surface area contributed by atoms with Crippen molar-refractivity contribution in [1.29, 1.82) is 0 Å². The first-order valence-electron chi connectivity index (χ1n) is 26.1. The van der Waals surface area contributed by atoms with Gasteiger partial charge in [0.25, 0.3) is 0 Å². The van der Waals surface area contributed by atoms with Crippen molar-refractivity contribution in [3.8, 4) is 0 Å². The summed E-state index contributed by atoms with van der Waals surface area (Å²) in [6.45, 7) is 7.39. The van der Waals surface area contributed by atoms with Gasteiger partial charge in [0.2, 0.25) is 0 Å². The maximum absolute atomic E-state index is 12.7. The van der Waals surface area contributed by atoms with Crippen molar-refractivity contribution in [2.24, 2.45) is 0 Å². The fourth-order valence-corrected chi connectivity index (χ4v) is 6.71. The molecule has 5 nitrogen and oxygen atoms in total. The average molecular weight is 885 g/mol. The zero-order valence-corrected chi connectivity index (χ0v) is 41.5. The Labute approximate surface area is 395 Å². The number of hydrogen-bond donors (Lipinski definition) is 0. The maximum atomic E-state index is 12.7. The predicted molar refractivity (Wildman–Crippen MR) is 279 cm³/mol. The highest BCUT2D eigenvalue weighted by Crippen LogP contribution is 2.13. The van der Waals surface area contributed by atoms with Gasteiger partial charge in [0.05, 0.1) is 13.0 Å². The third kappa shape index (κ3) is 50.9. The molecule has 0 fully saturated rings. The van der Waals surface area contributed by atoms with Crippen LogP contribution in [0.1, 0.15) is 213 Å². The highest BCUT2D eigenvalue weighted by Gasteiger charge is 2.17. The smallest absolute Gasteiger partial charge is 0.309 e. The van der Waals surface area contributed by atoms with Crippen LogP contribution in [-0.4, -0.2) is 37.9 Å². The number of carbonyl (C=O) groups is 2. The van der Waals surface area contributed by atoms with E-state index < -0.39 is 6.10 Å². The van der Waals surface area contributed by atoms with E-state index in [2.05, 4.69) is 124 Å². The minimum Gasteiger partial charge on any atom is -0.461 e. The van der Waals surface area contributed by atoms with Crippen LogP contribution in [0.4, 0.5) is 0 Å². The highest BCUT2D eigenvalue weighted by molar-refractivity contribution is 5.71. The standard InChI is InChI=1S/C59H96O5/c1-4-7-10-13-16-19-22-25-27-28-29-30-31-33-36-39-42-45-48-51-54-62-55-57(64-59(61)53-50-47-44-41-38-34-24-21-18-15-12-9-6-3)56-63-58(60)52-49-46-43-40-37-35-32-26-23-20-17-14-11-8-5-2/h8-9,11-12,17-18,20-21,25-27,32,34,37-38,40,44,46-47,49,57H,4-7,10,13-16,19,22-24,28-31,33,35-36,39,41-43,45,48,50-56H2,1-3H3/b11-8-,12-9-,20-17-,21-18-,27-25-,32-26-,38-34-,40-37-,47-44-,49-46-. The number of esters is 2. The van der Waals surface area contributed by atoms with E-state index in [-0.39, 0.29) is 38.0 Å². The Morgan fingerprint density at radius 2 is 0.750 bits per heavy atom. The molecule has 0 aliphatic heterocycles. The molecule has 0 radical (unpaired) electrons. The lowest BCUT2D eigenvalue weighted by Gasteiger charge is -2.18. The lowest BCUT2D eigenvalue weighted by Crippen LogP contribution is -2.30. The first-order valence-corrected chi connectivity index (χ1v) is 26.1. The number of hydrogen-bond acceptors (Lipinski definition) is 5. The summed E-state index contributed by atoms with van der Waals surface area (Å²) in [5.41, 5.74) is 0. The summed E-state index contributed by atoms with van der Waals surface area (Å²) in [5, 5.41) is 0. The molecule has 5 heteroatoms. The molecule has 0 aliphatic carbocycles. The molecule has 0 rings (SSSR count). The molecule has 0 amide bonds. The zero-order valence-electron chi connectivity index (χ0n) is 41.5. The summed E-state index contributed by atoms with van der Waals surface area (Å²) in [6, 6.07) is 0. The second kappa shape index (κ2) is 53.6. The molecule has 0 aliphatic rings. The van der Waals surface area contributed by atoms with Gasteiger partial charge in [-0.25, -0.2) is 0 Å². The molecule has 64 heavy (non-hydrogen) atoms. The Morgan fingerprint density at radius 3 is 1.20 bits per heavy atom. The number of carbonyl (C=O) groups excluding carboxylic acids is 2. The van der Waals surface area contributed by atoms with Crippen molar-refractivity contribution < 1.29 is 23.8 Å². The topological polar surface area (TPSA) is 61.8 Å². The highest BCUT2D eigenvalue weighted by atomic mass is 16.6. The Bertz CT molecular complexity index is 1320. The van der Waals surface area contributed by atoms with Gasteiger partial charge in [0.1, 0.15) is 6.61 Å². The fraction of sp³-hybridized carbons (Fsp3) is 0.627. The summed E-state index contributed by atoms with van der Waals surface area (Å²) in [7, 11) is 0. The second-order valence-electron chi connectivity index (χ2n) is 16.7. The van der Waals surface area contributed by atoms with E-state index in [9.17, 15) is 9.59 Å². The monoisotopic (exact) mass is 885 g/mol. The SMILES string of the molecule is CC/C=C\C/C=C\C/C=C\C/C=C\C/C=C\CC(=O)OCC(COCCCCCCCCCCCC/C=C\CCCCCCCC)OC(=O)CC/C=C\C/C=C\C/C=C\C/C=C\CC. The average Bonchev–Trinajstić information content (AvgIpc) is 3.30. The maximum Gasteiger partial charge on any atom is 0.309 e. The van der Waals surface area contributed by atoms with Crippen LogP contribution in [0.3, 0.4) is 0 Å². The van der Waals surface area contributed by atoms with Crippen LogP contribution in [-0.2, 0) is 23.8 Å². The largest absolute Gasteiger partial charge is 0.461 e. The molecule has 0 saturated carbocycles. The molecular formula is C59H96O5. The molecule has 0 aromatic heterocycles. The predicted octanol–water partition coefficient (Wildman–Crippen LogP) is 17.8.